The highest BCUT2D eigenvalue weighted by atomic mass is 16.3. The topological polar surface area (TPSA) is 96.3 Å². The molecular weight excluding hydrogens is 356 g/mol. The first-order valence-corrected chi connectivity index (χ1v) is 9.93. The van der Waals surface area contributed by atoms with Crippen LogP contribution in [0.15, 0.2) is 24.3 Å². The monoisotopic (exact) mass is 384 g/mol. The molecule has 3 N–H and O–H groups in total. The van der Waals surface area contributed by atoms with Crippen LogP contribution in [0, 0.1) is 5.92 Å². The summed E-state index contributed by atoms with van der Waals surface area (Å²) in [4.78, 5) is 24.5. The fraction of sp³-hybridized carbons (Fsp3) is 0.476. The van der Waals surface area contributed by atoms with Crippen LogP contribution < -0.4 is 10.6 Å². The standard InChI is InChI=1S/C21H28N4O3/c1-4-22-21(28)25-18(14-7-5-6-8-14)12-17(24-25)16-11-15(9-10-19(16)26)23-20(27)13(2)3/h9-14,26H,4-8H2,1-3H3,(H,22,28)(H,23,27). The summed E-state index contributed by atoms with van der Waals surface area (Å²) in [6.45, 7) is 6.02. The number of phenolic OH excluding ortho intramolecular Hbond substituents is 1. The normalized spacial score (nSPS) is 14.4. The number of rotatable bonds is 5. The molecule has 1 heterocycles. The Morgan fingerprint density at radius 1 is 1.25 bits per heavy atom. The molecule has 1 fully saturated rings. The van der Waals surface area contributed by atoms with Gasteiger partial charge in [-0.15, -0.1) is 0 Å². The number of aromatic hydroxyl groups is 1. The Bertz CT molecular complexity index is 867. The maximum Gasteiger partial charge on any atom is 0.342 e. The lowest BCUT2D eigenvalue weighted by Crippen LogP contribution is -2.30. The lowest BCUT2D eigenvalue weighted by atomic mass is 10.0. The van der Waals surface area contributed by atoms with E-state index in [1.807, 2.05) is 26.8 Å². The largest absolute Gasteiger partial charge is 0.507 e. The smallest absolute Gasteiger partial charge is 0.342 e. The number of nitrogens with zero attached hydrogens (tertiary/aromatic N) is 2. The fourth-order valence-corrected chi connectivity index (χ4v) is 3.53. The Kier molecular flexibility index (Phi) is 6.02. The quantitative estimate of drug-likeness (QED) is 0.677. The number of hydrogen-bond acceptors (Lipinski definition) is 4. The van der Waals surface area contributed by atoms with Gasteiger partial charge in [0.15, 0.2) is 0 Å². The molecule has 1 aliphatic carbocycles. The SMILES string of the molecule is CCNC(=O)n1nc(-c2cc(NC(=O)C(C)C)ccc2O)cc1C1CCCC1. The highest BCUT2D eigenvalue weighted by molar-refractivity contribution is 5.93. The van der Waals surface area contributed by atoms with Gasteiger partial charge in [-0.2, -0.15) is 9.78 Å². The van der Waals surface area contributed by atoms with Crippen molar-refractivity contribution in [1.82, 2.24) is 15.1 Å². The Labute approximate surface area is 165 Å². The number of carbonyl (C=O) groups is 2. The highest BCUT2D eigenvalue weighted by Gasteiger charge is 2.26. The van der Waals surface area contributed by atoms with Crippen LogP contribution in [0.3, 0.4) is 0 Å². The van der Waals surface area contributed by atoms with Gasteiger partial charge in [0.2, 0.25) is 5.91 Å². The molecule has 1 aromatic carbocycles. The van der Waals surface area contributed by atoms with Gasteiger partial charge in [0, 0.05) is 29.6 Å². The lowest BCUT2D eigenvalue weighted by Gasteiger charge is -2.11. The van der Waals surface area contributed by atoms with Crippen molar-refractivity contribution in [1.29, 1.82) is 0 Å². The Balaban J connectivity index is 1.99. The van der Waals surface area contributed by atoms with Crippen molar-refractivity contribution in [2.24, 2.45) is 5.92 Å². The van der Waals surface area contributed by atoms with Gasteiger partial charge in [-0.1, -0.05) is 26.7 Å². The number of phenols is 1. The van der Waals surface area contributed by atoms with Gasteiger partial charge in [-0.3, -0.25) is 4.79 Å². The third-order valence-corrected chi connectivity index (χ3v) is 5.10. The number of aromatic nitrogens is 2. The zero-order valence-electron chi connectivity index (χ0n) is 16.7. The van der Waals surface area contributed by atoms with Crippen LogP contribution in [0.25, 0.3) is 11.3 Å². The molecule has 1 aliphatic rings. The van der Waals surface area contributed by atoms with Crippen molar-refractivity contribution in [2.75, 3.05) is 11.9 Å². The first-order valence-electron chi connectivity index (χ1n) is 9.93. The molecule has 1 aromatic heterocycles. The average Bonchev–Trinajstić information content (AvgIpc) is 3.32. The summed E-state index contributed by atoms with van der Waals surface area (Å²) in [6.07, 6.45) is 4.34. The average molecular weight is 384 g/mol. The number of anilines is 1. The van der Waals surface area contributed by atoms with Gasteiger partial charge in [0.25, 0.3) is 0 Å². The molecule has 0 aliphatic heterocycles. The van der Waals surface area contributed by atoms with Crippen LogP contribution in [0.2, 0.25) is 0 Å². The summed E-state index contributed by atoms with van der Waals surface area (Å²) in [5.41, 5.74) is 2.46. The minimum atomic E-state index is -0.264. The molecule has 0 unspecified atom stereocenters. The molecule has 7 heteroatoms. The number of amides is 2. The molecule has 2 amide bonds. The molecular formula is C21H28N4O3. The van der Waals surface area contributed by atoms with E-state index in [4.69, 9.17) is 0 Å². The van der Waals surface area contributed by atoms with Crippen molar-refractivity contribution < 1.29 is 14.7 Å². The first kappa shape index (κ1) is 19.9. The predicted octanol–water partition coefficient (Wildman–Crippen LogP) is 4.09. The molecule has 3 rings (SSSR count). The van der Waals surface area contributed by atoms with Gasteiger partial charge >= 0.3 is 6.03 Å². The maximum atomic E-state index is 12.5. The van der Waals surface area contributed by atoms with E-state index in [2.05, 4.69) is 15.7 Å². The van der Waals surface area contributed by atoms with E-state index < -0.39 is 0 Å². The lowest BCUT2D eigenvalue weighted by molar-refractivity contribution is -0.118. The van der Waals surface area contributed by atoms with Gasteiger partial charge < -0.3 is 15.7 Å². The molecule has 28 heavy (non-hydrogen) atoms. The van der Waals surface area contributed by atoms with Crippen LogP contribution in [0.4, 0.5) is 10.5 Å². The van der Waals surface area contributed by atoms with E-state index >= 15 is 0 Å². The third kappa shape index (κ3) is 4.18. The summed E-state index contributed by atoms with van der Waals surface area (Å²) in [5.74, 6) is 0.0928. The molecule has 0 radical (unpaired) electrons. The molecule has 7 nitrogen and oxygen atoms in total. The molecule has 1 saturated carbocycles. The van der Waals surface area contributed by atoms with Crippen LogP contribution in [-0.2, 0) is 4.79 Å². The number of hydrogen-bond donors (Lipinski definition) is 3. The zero-order chi connectivity index (χ0) is 20.3. The molecule has 0 bridgehead atoms. The van der Waals surface area contributed by atoms with E-state index in [-0.39, 0.29) is 29.5 Å². The fourth-order valence-electron chi connectivity index (χ4n) is 3.53. The van der Waals surface area contributed by atoms with E-state index in [9.17, 15) is 14.7 Å². The first-order chi connectivity index (χ1) is 13.4. The van der Waals surface area contributed by atoms with E-state index in [0.717, 1.165) is 31.4 Å². The predicted molar refractivity (Wildman–Crippen MR) is 108 cm³/mol. The van der Waals surface area contributed by atoms with E-state index in [0.29, 0.717) is 23.5 Å². The molecule has 0 saturated heterocycles. The number of nitrogens with one attached hydrogen (secondary N) is 2. The summed E-state index contributed by atoms with van der Waals surface area (Å²) in [6, 6.07) is 6.50. The van der Waals surface area contributed by atoms with Crippen molar-refractivity contribution >= 4 is 17.6 Å². The Morgan fingerprint density at radius 3 is 2.61 bits per heavy atom. The Hall–Kier alpha value is -2.83. The summed E-state index contributed by atoms with van der Waals surface area (Å²) in [5, 5.41) is 20.5. The highest BCUT2D eigenvalue weighted by Crippen LogP contribution is 2.38. The van der Waals surface area contributed by atoms with Crippen LogP contribution in [0.5, 0.6) is 5.75 Å². The van der Waals surface area contributed by atoms with E-state index in [1.165, 1.54) is 10.7 Å². The molecule has 0 spiro atoms. The second-order valence-corrected chi connectivity index (χ2v) is 7.56. The molecule has 150 valence electrons. The van der Waals surface area contributed by atoms with Gasteiger partial charge in [-0.05, 0) is 44.0 Å². The second-order valence-electron chi connectivity index (χ2n) is 7.56. The summed E-state index contributed by atoms with van der Waals surface area (Å²) in [7, 11) is 0. The molecule has 0 atom stereocenters. The number of benzene rings is 1. The zero-order valence-corrected chi connectivity index (χ0v) is 16.7. The van der Waals surface area contributed by atoms with Gasteiger partial charge in [0.1, 0.15) is 5.75 Å². The van der Waals surface area contributed by atoms with Crippen LogP contribution in [-0.4, -0.2) is 33.4 Å². The third-order valence-electron chi connectivity index (χ3n) is 5.10. The van der Waals surface area contributed by atoms with Crippen molar-refractivity contribution in [3.63, 3.8) is 0 Å². The summed E-state index contributed by atoms with van der Waals surface area (Å²) < 4.78 is 1.42. The second kappa shape index (κ2) is 8.46. The number of carbonyl (C=O) groups excluding carboxylic acids is 2. The Morgan fingerprint density at radius 2 is 1.96 bits per heavy atom. The van der Waals surface area contributed by atoms with Crippen molar-refractivity contribution in [2.45, 2.75) is 52.4 Å². The van der Waals surface area contributed by atoms with Crippen LogP contribution in [0.1, 0.15) is 58.1 Å². The van der Waals surface area contributed by atoms with Gasteiger partial charge in [0.05, 0.1) is 11.4 Å². The van der Waals surface area contributed by atoms with Crippen molar-refractivity contribution in [3.8, 4) is 17.0 Å². The summed E-state index contributed by atoms with van der Waals surface area (Å²) >= 11 is 0. The molecule has 2 aromatic rings. The minimum absolute atomic E-state index is 0.0565. The van der Waals surface area contributed by atoms with Crippen molar-refractivity contribution in [3.05, 3.63) is 30.0 Å². The van der Waals surface area contributed by atoms with E-state index in [1.54, 1.807) is 12.1 Å². The van der Waals surface area contributed by atoms with Gasteiger partial charge in [-0.25, -0.2) is 4.79 Å². The maximum absolute atomic E-state index is 12.5. The van der Waals surface area contributed by atoms with Crippen LogP contribution >= 0.6 is 0 Å². The minimum Gasteiger partial charge on any atom is -0.507 e.